The van der Waals surface area contributed by atoms with Gasteiger partial charge in [-0.15, -0.1) is 0 Å². The zero-order valence-corrected chi connectivity index (χ0v) is 10.8. The van der Waals surface area contributed by atoms with Gasteiger partial charge in [-0.05, 0) is 20.8 Å². The van der Waals surface area contributed by atoms with E-state index < -0.39 is 0 Å². The van der Waals surface area contributed by atoms with Crippen molar-refractivity contribution in [2.45, 2.75) is 33.4 Å². The van der Waals surface area contributed by atoms with Crippen molar-refractivity contribution in [1.82, 2.24) is 19.3 Å². The molecule has 0 bridgehead atoms. The summed E-state index contributed by atoms with van der Waals surface area (Å²) >= 11 is 0. The average Bonchev–Trinajstić information content (AvgIpc) is 2.80. The monoisotopic (exact) mass is 233 g/mol. The van der Waals surface area contributed by atoms with Gasteiger partial charge in [-0.2, -0.15) is 5.10 Å². The van der Waals surface area contributed by atoms with E-state index in [4.69, 9.17) is 5.73 Å². The molecule has 0 saturated carbocycles. The molecular weight excluding hydrogens is 214 g/mol. The van der Waals surface area contributed by atoms with E-state index in [1.54, 1.807) is 0 Å². The van der Waals surface area contributed by atoms with Crippen molar-refractivity contribution in [1.29, 1.82) is 0 Å². The molecule has 2 heterocycles. The first kappa shape index (κ1) is 11.9. The second-order valence-corrected chi connectivity index (χ2v) is 4.51. The van der Waals surface area contributed by atoms with E-state index in [0.29, 0.717) is 0 Å². The number of hydrogen-bond donors (Lipinski definition) is 1. The second kappa shape index (κ2) is 4.33. The number of nitrogens with zero attached hydrogens (tertiary/aromatic N) is 4. The Hall–Kier alpha value is -1.62. The summed E-state index contributed by atoms with van der Waals surface area (Å²) in [6, 6.07) is -0.00483. The van der Waals surface area contributed by atoms with Crippen molar-refractivity contribution in [2.75, 3.05) is 0 Å². The largest absolute Gasteiger partial charge is 0.329 e. The van der Waals surface area contributed by atoms with Crippen LogP contribution >= 0.6 is 0 Å². The first-order valence-corrected chi connectivity index (χ1v) is 5.75. The molecule has 0 aromatic carbocycles. The predicted molar refractivity (Wildman–Crippen MR) is 66.6 cm³/mol. The quantitative estimate of drug-likeness (QED) is 0.869. The number of nitrogens with two attached hydrogens (primary N) is 1. The first-order valence-electron chi connectivity index (χ1n) is 5.75. The Kier molecular flexibility index (Phi) is 3.02. The number of imidazole rings is 1. The van der Waals surface area contributed by atoms with E-state index in [1.807, 2.05) is 38.1 Å². The lowest BCUT2D eigenvalue weighted by molar-refractivity contribution is 0.669. The van der Waals surface area contributed by atoms with Gasteiger partial charge in [0.2, 0.25) is 0 Å². The summed E-state index contributed by atoms with van der Waals surface area (Å²) in [6.45, 7) is 6.86. The Morgan fingerprint density at radius 1 is 1.41 bits per heavy atom. The molecule has 0 aliphatic rings. The fraction of sp³-hybridized carbons (Fsp3) is 0.500. The highest BCUT2D eigenvalue weighted by molar-refractivity contribution is 5.25. The summed E-state index contributed by atoms with van der Waals surface area (Å²) in [5, 5.41) is 4.42. The minimum absolute atomic E-state index is 0.00483. The van der Waals surface area contributed by atoms with Gasteiger partial charge in [0, 0.05) is 30.5 Å². The van der Waals surface area contributed by atoms with Gasteiger partial charge < -0.3 is 10.3 Å². The average molecular weight is 233 g/mol. The molecule has 92 valence electrons. The third kappa shape index (κ3) is 2.10. The van der Waals surface area contributed by atoms with Crippen LogP contribution in [0.2, 0.25) is 0 Å². The van der Waals surface area contributed by atoms with Gasteiger partial charge in [0.25, 0.3) is 0 Å². The number of aromatic nitrogens is 4. The van der Waals surface area contributed by atoms with Gasteiger partial charge in [-0.1, -0.05) is 0 Å². The van der Waals surface area contributed by atoms with Crippen molar-refractivity contribution in [3.05, 3.63) is 35.2 Å². The maximum Gasteiger partial charge on any atom is 0.0951 e. The topological polar surface area (TPSA) is 61.7 Å². The summed E-state index contributed by atoms with van der Waals surface area (Å²) in [5.41, 5.74) is 10.5. The summed E-state index contributed by atoms with van der Waals surface area (Å²) < 4.78 is 3.99. The molecular formula is C12H19N5. The van der Waals surface area contributed by atoms with E-state index in [1.165, 1.54) is 11.3 Å². The summed E-state index contributed by atoms with van der Waals surface area (Å²) in [5.74, 6) is 0. The fourth-order valence-corrected chi connectivity index (χ4v) is 2.06. The van der Waals surface area contributed by atoms with Gasteiger partial charge in [-0.3, -0.25) is 4.68 Å². The molecule has 0 fully saturated rings. The standard InChI is InChI=1S/C12H19N5/c1-8(13)12-5-14-7-17(12)6-11-9(2)15-16(4)10(11)3/h5,7-8H,6,13H2,1-4H3. The van der Waals surface area contributed by atoms with E-state index in [-0.39, 0.29) is 6.04 Å². The highest BCUT2D eigenvalue weighted by atomic mass is 15.3. The molecule has 0 aliphatic heterocycles. The van der Waals surface area contributed by atoms with Gasteiger partial charge >= 0.3 is 0 Å². The Morgan fingerprint density at radius 2 is 2.12 bits per heavy atom. The SMILES string of the molecule is Cc1nn(C)c(C)c1Cn1cncc1C(C)N. The predicted octanol–water partition coefficient (Wildman–Crippen LogP) is 1.30. The van der Waals surface area contributed by atoms with Gasteiger partial charge in [0.15, 0.2) is 0 Å². The van der Waals surface area contributed by atoms with E-state index in [9.17, 15) is 0 Å². The van der Waals surface area contributed by atoms with Crippen LogP contribution in [0.3, 0.4) is 0 Å². The van der Waals surface area contributed by atoms with Crippen LogP contribution in [-0.2, 0) is 13.6 Å². The van der Waals surface area contributed by atoms with Crippen molar-refractivity contribution >= 4 is 0 Å². The molecule has 0 spiro atoms. The van der Waals surface area contributed by atoms with E-state index in [0.717, 1.165) is 17.9 Å². The molecule has 0 amide bonds. The maximum atomic E-state index is 5.91. The lowest BCUT2D eigenvalue weighted by Crippen LogP contribution is -2.13. The lowest BCUT2D eigenvalue weighted by atomic mass is 10.2. The fourth-order valence-electron chi connectivity index (χ4n) is 2.06. The number of hydrogen-bond acceptors (Lipinski definition) is 3. The van der Waals surface area contributed by atoms with Crippen molar-refractivity contribution < 1.29 is 0 Å². The molecule has 1 unspecified atom stereocenters. The van der Waals surface area contributed by atoms with Crippen LogP contribution in [0.1, 0.15) is 35.6 Å². The van der Waals surface area contributed by atoms with Crippen LogP contribution in [0, 0.1) is 13.8 Å². The van der Waals surface area contributed by atoms with Crippen LogP contribution < -0.4 is 5.73 Å². The Labute approximate surface area is 101 Å². The highest BCUT2D eigenvalue weighted by Crippen LogP contribution is 2.16. The summed E-state index contributed by atoms with van der Waals surface area (Å²) in [6.07, 6.45) is 3.65. The summed E-state index contributed by atoms with van der Waals surface area (Å²) in [7, 11) is 1.96. The normalized spacial score (nSPS) is 13.0. The van der Waals surface area contributed by atoms with Crippen LogP contribution in [0.15, 0.2) is 12.5 Å². The highest BCUT2D eigenvalue weighted by Gasteiger charge is 2.13. The van der Waals surface area contributed by atoms with Crippen LogP contribution in [0.4, 0.5) is 0 Å². The number of rotatable bonds is 3. The van der Waals surface area contributed by atoms with E-state index in [2.05, 4.69) is 21.6 Å². The van der Waals surface area contributed by atoms with Gasteiger partial charge in [0.05, 0.1) is 24.3 Å². The van der Waals surface area contributed by atoms with Gasteiger partial charge in [0.1, 0.15) is 0 Å². The molecule has 2 N–H and O–H groups in total. The molecule has 5 nitrogen and oxygen atoms in total. The van der Waals surface area contributed by atoms with Crippen molar-refractivity contribution in [3.63, 3.8) is 0 Å². The zero-order valence-electron chi connectivity index (χ0n) is 10.8. The summed E-state index contributed by atoms with van der Waals surface area (Å²) in [4.78, 5) is 4.16. The van der Waals surface area contributed by atoms with Crippen LogP contribution in [0.5, 0.6) is 0 Å². The number of aryl methyl sites for hydroxylation is 2. The minimum atomic E-state index is -0.00483. The molecule has 0 saturated heterocycles. The molecule has 2 aromatic heterocycles. The zero-order chi connectivity index (χ0) is 12.6. The van der Waals surface area contributed by atoms with Crippen molar-refractivity contribution in [2.24, 2.45) is 12.8 Å². The Morgan fingerprint density at radius 3 is 2.65 bits per heavy atom. The first-order chi connectivity index (χ1) is 8.00. The maximum absolute atomic E-state index is 5.91. The van der Waals surface area contributed by atoms with Crippen LogP contribution in [-0.4, -0.2) is 19.3 Å². The van der Waals surface area contributed by atoms with Crippen molar-refractivity contribution in [3.8, 4) is 0 Å². The molecule has 5 heteroatoms. The molecule has 17 heavy (non-hydrogen) atoms. The molecule has 2 aromatic rings. The second-order valence-electron chi connectivity index (χ2n) is 4.51. The third-order valence-corrected chi connectivity index (χ3v) is 3.20. The minimum Gasteiger partial charge on any atom is -0.329 e. The molecule has 0 radical (unpaired) electrons. The van der Waals surface area contributed by atoms with Crippen LogP contribution in [0.25, 0.3) is 0 Å². The smallest absolute Gasteiger partial charge is 0.0951 e. The third-order valence-electron chi connectivity index (χ3n) is 3.20. The Bertz CT molecular complexity index is 521. The molecule has 1 atom stereocenters. The van der Waals surface area contributed by atoms with Gasteiger partial charge in [-0.25, -0.2) is 4.98 Å². The lowest BCUT2D eigenvalue weighted by Gasteiger charge is -2.11. The molecule has 2 rings (SSSR count). The Balaban J connectivity index is 2.35. The van der Waals surface area contributed by atoms with E-state index >= 15 is 0 Å². The molecule has 0 aliphatic carbocycles.